The van der Waals surface area contributed by atoms with Crippen molar-refractivity contribution in [1.29, 1.82) is 0 Å². The predicted molar refractivity (Wildman–Crippen MR) is 93.8 cm³/mol. The van der Waals surface area contributed by atoms with Crippen LogP contribution in [0.2, 0.25) is 5.02 Å². The molecular formula is C17H18ClN5. The van der Waals surface area contributed by atoms with Gasteiger partial charge in [0, 0.05) is 16.8 Å². The van der Waals surface area contributed by atoms with Crippen molar-refractivity contribution in [1.82, 2.24) is 4.98 Å². The van der Waals surface area contributed by atoms with Crippen LogP contribution in [0.25, 0.3) is 0 Å². The largest absolute Gasteiger partial charge is 0.369 e. The van der Waals surface area contributed by atoms with Crippen LogP contribution in [0.4, 0.5) is 0 Å². The minimum Gasteiger partial charge on any atom is -0.369 e. The van der Waals surface area contributed by atoms with Crippen molar-refractivity contribution in [2.45, 2.75) is 25.7 Å². The molecule has 23 heavy (non-hydrogen) atoms. The number of fused-ring (bicyclic) bond motifs is 1. The highest BCUT2D eigenvalue weighted by Gasteiger charge is 2.28. The van der Waals surface area contributed by atoms with Crippen molar-refractivity contribution in [2.75, 3.05) is 0 Å². The van der Waals surface area contributed by atoms with Gasteiger partial charge in [-0.2, -0.15) is 5.10 Å². The van der Waals surface area contributed by atoms with E-state index < -0.39 is 0 Å². The van der Waals surface area contributed by atoms with E-state index in [0.29, 0.717) is 0 Å². The number of benzene rings is 1. The molecule has 0 unspecified atom stereocenters. The first-order valence-corrected chi connectivity index (χ1v) is 7.78. The van der Waals surface area contributed by atoms with E-state index in [2.05, 4.69) is 15.2 Å². The number of halogens is 1. The molecule has 1 aliphatic carbocycles. The summed E-state index contributed by atoms with van der Waals surface area (Å²) >= 11 is 6.36. The zero-order valence-electron chi connectivity index (χ0n) is 12.8. The number of hydrogen-bond donors (Lipinski definition) is 2. The van der Waals surface area contributed by atoms with Gasteiger partial charge < -0.3 is 11.5 Å². The molecule has 1 atom stereocenters. The molecule has 1 aliphatic rings. The minimum absolute atomic E-state index is 0.0551. The lowest BCUT2D eigenvalue weighted by atomic mass is 9.80. The summed E-state index contributed by atoms with van der Waals surface area (Å²) in [4.78, 5) is 4.53. The summed E-state index contributed by atoms with van der Waals surface area (Å²) in [6, 6.07) is 9.85. The number of aryl methyl sites for hydroxylation is 1. The molecule has 0 fully saturated rings. The highest BCUT2D eigenvalue weighted by Crippen LogP contribution is 2.36. The van der Waals surface area contributed by atoms with Crippen molar-refractivity contribution in [3.05, 3.63) is 63.9 Å². The van der Waals surface area contributed by atoms with Crippen LogP contribution >= 0.6 is 11.6 Å². The van der Waals surface area contributed by atoms with Crippen LogP contribution in [-0.4, -0.2) is 16.7 Å². The Morgan fingerprint density at radius 2 is 2.00 bits per heavy atom. The maximum atomic E-state index is 6.36. The van der Waals surface area contributed by atoms with Crippen LogP contribution in [0.3, 0.4) is 0 Å². The minimum atomic E-state index is -0.0551. The molecule has 0 bridgehead atoms. The number of rotatable bonds is 2. The smallest absolute Gasteiger partial charge is 0.211 e. The van der Waals surface area contributed by atoms with E-state index in [1.54, 1.807) is 0 Å². The van der Waals surface area contributed by atoms with Crippen LogP contribution in [0, 0.1) is 6.92 Å². The Kier molecular flexibility index (Phi) is 4.30. The number of guanidine groups is 1. The average molecular weight is 328 g/mol. The third kappa shape index (κ3) is 3.19. The molecule has 0 saturated heterocycles. The molecule has 1 aromatic carbocycles. The summed E-state index contributed by atoms with van der Waals surface area (Å²) in [6.45, 7) is 2.04. The van der Waals surface area contributed by atoms with Gasteiger partial charge in [0.05, 0.1) is 11.4 Å². The third-order valence-electron chi connectivity index (χ3n) is 4.04. The van der Waals surface area contributed by atoms with Gasteiger partial charge in [0.1, 0.15) is 0 Å². The van der Waals surface area contributed by atoms with E-state index in [9.17, 15) is 0 Å². The average Bonchev–Trinajstić information content (AvgIpc) is 2.53. The highest BCUT2D eigenvalue weighted by molar-refractivity contribution is 6.31. The van der Waals surface area contributed by atoms with E-state index in [-0.39, 0.29) is 11.9 Å². The molecule has 0 radical (unpaired) electrons. The summed E-state index contributed by atoms with van der Waals surface area (Å²) in [6.07, 6.45) is 3.36. The Balaban J connectivity index is 2.08. The lowest BCUT2D eigenvalue weighted by Gasteiger charge is -2.26. The van der Waals surface area contributed by atoms with E-state index in [0.717, 1.165) is 46.0 Å². The molecule has 5 nitrogen and oxygen atoms in total. The summed E-state index contributed by atoms with van der Waals surface area (Å²) in [5.74, 6) is 0.152. The van der Waals surface area contributed by atoms with Gasteiger partial charge in [0.15, 0.2) is 0 Å². The maximum absolute atomic E-state index is 6.36. The fourth-order valence-electron chi connectivity index (χ4n) is 3.04. The maximum Gasteiger partial charge on any atom is 0.211 e. The monoisotopic (exact) mass is 327 g/mol. The van der Waals surface area contributed by atoms with Gasteiger partial charge in [-0.05, 0) is 48.9 Å². The first kappa shape index (κ1) is 15.5. The predicted octanol–water partition coefficient (Wildman–Crippen LogP) is 2.75. The van der Waals surface area contributed by atoms with E-state index in [1.165, 1.54) is 0 Å². The number of nitrogens with zero attached hydrogens (tertiary/aromatic N) is 3. The zero-order valence-corrected chi connectivity index (χ0v) is 13.6. The first-order valence-electron chi connectivity index (χ1n) is 7.41. The van der Waals surface area contributed by atoms with E-state index >= 15 is 0 Å². The quantitative estimate of drug-likeness (QED) is 0.505. The van der Waals surface area contributed by atoms with Crippen LogP contribution < -0.4 is 11.5 Å². The molecule has 0 saturated carbocycles. The molecule has 3 rings (SSSR count). The Hall–Kier alpha value is -2.40. The van der Waals surface area contributed by atoms with E-state index in [1.807, 2.05) is 43.5 Å². The molecule has 4 N–H and O–H groups in total. The Morgan fingerprint density at radius 1 is 1.22 bits per heavy atom. The van der Waals surface area contributed by atoms with Gasteiger partial charge in [0.25, 0.3) is 0 Å². The molecule has 1 aromatic heterocycles. The molecule has 1 heterocycles. The van der Waals surface area contributed by atoms with Crippen LogP contribution in [0.15, 0.2) is 46.7 Å². The fraction of sp³-hybridized carbons (Fsp3) is 0.235. The lowest BCUT2D eigenvalue weighted by Crippen LogP contribution is -2.24. The van der Waals surface area contributed by atoms with Crippen molar-refractivity contribution >= 4 is 23.3 Å². The lowest BCUT2D eigenvalue weighted by molar-refractivity contribution is 0.677. The zero-order chi connectivity index (χ0) is 16.4. The third-order valence-corrected chi connectivity index (χ3v) is 4.38. The van der Waals surface area contributed by atoms with Crippen molar-refractivity contribution in [3.8, 4) is 0 Å². The summed E-state index contributed by atoms with van der Waals surface area (Å²) in [5.41, 5.74) is 16.0. The molecule has 0 aliphatic heterocycles. The first-order chi connectivity index (χ1) is 11.1. The summed E-state index contributed by atoms with van der Waals surface area (Å²) < 4.78 is 0. The van der Waals surface area contributed by atoms with Gasteiger partial charge in [-0.3, -0.25) is 4.98 Å². The van der Waals surface area contributed by atoms with Gasteiger partial charge in [-0.15, -0.1) is 5.10 Å². The highest BCUT2D eigenvalue weighted by atomic mass is 35.5. The number of pyridine rings is 1. The topological polar surface area (TPSA) is 89.6 Å². The van der Waals surface area contributed by atoms with Crippen LogP contribution in [-0.2, 0) is 6.42 Å². The molecule has 6 heteroatoms. The fourth-order valence-corrected chi connectivity index (χ4v) is 3.33. The van der Waals surface area contributed by atoms with Crippen molar-refractivity contribution in [2.24, 2.45) is 21.7 Å². The second-order valence-electron chi connectivity index (χ2n) is 5.65. The van der Waals surface area contributed by atoms with Gasteiger partial charge >= 0.3 is 0 Å². The van der Waals surface area contributed by atoms with Crippen LogP contribution in [0.5, 0.6) is 0 Å². The second-order valence-corrected chi connectivity index (χ2v) is 6.05. The van der Waals surface area contributed by atoms with E-state index in [4.69, 9.17) is 23.1 Å². The molecule has 118 valence electrons. The number of hydrogen-bond acceptors (Lipinski definition) is 3. The molecular weight excluding hydrogens is 310 g/mol. The van der Waals surface area contributed by atoms with Crippen molar-refractivity contribution < 1.29 is 0 Å². The molecule has 0 amide bonds. The molecule has 0 spiro atoms. The Morgan fingerprint density at radius 3 is 2.74 bits per heavy atom. The number of nitrogens with two attached hydrogens (primary N) is 2. The van der Waals surface area contributed by atoms with Gasteiger partial charge in [-0.25, -0.2) is 0 Å². The Bertz CT molecular complexity index is 793. The summed E-state index contributed by atoms with van der Waals surface area (Å²) in [7, 11) is 0. The van der Waals surface area contributed by atoms with Gasteiger partial charge in [0.2, 0.25) is 5.96 Å². The van der Waals surface area contributed by atoms with Crippen molar-refractivity contribution in [3.63, 3.8) is 0 Å². The summed E-state index contributed by atoms with van der Waals surface area (Å²) in [5, 5.41) is 8.86. The van der Waals surface area contributed by atoms with Gasteiger partial charge in [-0.1, -0.05) is 29.8 Å². The normalized spacial score (nSPS) is 18.5. The van der Waals surface area contributed by atoms with Crippen LogP contribution in [0.1, 0.15) is 34.7 Å². The second kappa shape index (κ2) is 6.38. The molecule has 2 aromatic rings. The Labute approximate surface area is 140 Å². The standard InChI is InChI=1S/C17H18ClN5/c1-10-6-7-21-14-8-11(12-4-2-3-5-13(12)18)9-15(16(10)14)22-23-17(19)20/h2-7,11H,8-9H2,1H3,(H4,19,20,23)/b22-15+/t11-/m1/s1. The number of aromatic nitrogens is 1. The SMILES string of the molecule is Cc1ccnc2c1/C(=N/N=C(N)N)C[C@H](c1ccccc1Cl)C2.